The minimum Gasteiger partial charge on any atom is -0.368 e. The van der Waals surface area contributed by atoms with Crippen LogP contribution in [0, 0.1) is 0 Å². The molecule has 0 aliphatic carbocycles. The summed E-state index contributed by atoms with van der Waals surface area (Å²) in [4.78, 5) is 12.5. The van der Waals surface area contributed by atoms with Crippen LogP contribution in [0.3, 0.4) is 0 Å². The van der Waals surface area contributed by atoms with Crippen LogP contribution in [0.2, 0.25) is 5.15 Å². The smallest absolute Gasteiger partial charge is 0.223 e. The Morgan fingerprint density at radius 1 is 1.45 bits per heavy atom. The van der Waals surface area contributed by atoms with Crippen molar-refractivity contribution in [3.05, 3.63) is 29.5 Å². The van der Waals surface area contributed by atoms with Crippen LogP contribution in [0.4, 0.5) is 17.6 Å². The zero-order chi connectivity index (χ0) is 15.5. The maximum atomic E-state index is 5.95. The largest absolute Gasteiger partial charge is 0.368 e. The van der Waals surface area contributed by atoms with E-state index in [-0.39, 0.29) is 5.95 Å². The molecule has 0 spiro atoms. The van der Waals surface area contributed by atoms with Gasteiger partial charge in [0.1, 0.15) is 11.0 Å². The number of nitrogen functional groups attached to an aromatic ring is 1. The van der Waals surface area contributed by atoms with Crippen molar-refractivity contribution in [3.8, 4) is 0 Å². The van der Waals surface area contributed by atoms with Crippen LogP contribution >= 0.6 is 11.6 Å². The molecule has 2 aromatic heterocycles. The first kappa shape index (κ1) is 14.8. The number of likely N-dealkylation sites (N-methyl/N-ethyl adjacent to an activating group) is 1. The van der Waals surface area contributed by atoms with E-state index in [9.17, 15) is 0 Å². The van der Waals surface area contributed by atoms with E-state index >= 15 is 0 Å². The lowest BCUT2D eigenvalue weighted by molar-refractivity contribution is 0.643. The van der Waals surface area contributed by atoms with E-state index in [1.54, 1.807) is 12.3 Å². The van der Waals surface area contributed by atoms with Gasteiger partial charge in [-0.1, -0.05) is 11.6 Å². The summed E-state index contributed by atoms with van der Waals surface area (Å²) < 4.78 is 0. The van der Waals surface area contributed by atoms with Crippen LogP contribution in [0.25, 0.3) is 0 Å². The quantitative estimate of drug-likeness (QED) is 0.857. The lowest BCUT2D eigenvalue weighted by atomic mass is 10.2. The van der Waals surface area contributed by atoms with Crippen LogP contribution in [0.5, 0.6) is 0 Å². The first-order valence-corrected chi connectivity index (χ1v) is 7.57. The van der Waals surface area contributed by atoms with Gasteiger partial charge in [0.15, 0.2) is 5.82 Å². The molecule has 8 heteroatoms. The molecule has 3 heterocycles. The second-order valence-corrected chi connectivity index (χ2v) is 5.75. The highest BCUT2D eigenvalue weighted by Crippen LogP contribution is 2.25. The molecule has 7 nitrogen and oxygen atoms in total. The van der Waals surface area contributed by atoms with Crippen molar-refractivity contribution >= 4 is 29.2 Å². The van der Waals surface area contributed by atoms with Gasteiger partial charge in [0, 0.05) is 38.4 Å². The van der Waals surface area contributed by atoms with Crippen molar-refractivity contribution in [3.63, 3.8) is 0 Å². The highest BCUT2D eigenvalue weighted by Gasteiger charge is 2.27. The third kappa shape index (κ3) is 3.19. The molecular weight excluding hydrogens is 302 g/mol. The van der Waals surface area contributed by atoms with Gasteiger partial charge >= 0.3 is 0 Å². The Labute approximate surface area is 134 Å². The van der Waals surface area contributed by atoms with E-state index in [0.717, 1.165) is 37.6 Å². The lowest BCUT2D eigenvalue weighted by Crippen LogP contribution is -2.39. The molecule has 1 atom stereocenters. The fourth-order valence-corrected chi connectivity index (χ4v) is 2.99. The van der Waals surface area contributed by atoms with Crippen molar-refractivity contribution in [1.82, 2.24) is 20.2 Å². The summed E-state index contributed by atoms with van der Waals surface area (Å²) in [6.45, 7) is 1.80. The van der Waals surface area contributed by atoms with Gasteiger partial charge in [0.2, 0.25) is 5.95 Å². The third-order valence-electron chi connectivity index (χ3n) is 3.80. The van der Waals surface area contributed by atoms with Gasteiger partial charge in [0.25, 0.3) is 0 Å². The molecule has 2 aromatic rings. The van der Waals surface area contributed by atoms with Gasteiger partial charge in [-0.2, -0.15) is 10.1 Å². The summed E-state index contributed by atoms with van der Waals surface area (Å²) in [6.07, 6.45) is 3.93. The number of hydrogen-bond acceptors (Lipinski definition) is 7. The number of anilines is 3. The van der Waals surface area contributed by atoms with Crippen molar-refractivity contribution < 1.29 is 0 Å². The molecule has 116 valence electrons. The molecule has 0 radical (unpaired) electrons. The standard InChI is InChI=1S/C14H18ClN7/c1-21(13-8-11(15)18-14(16)19-13)9-10-4-3-7-22(10)12-5-2-6-17-20-12/h2,5-6,8,10H,3-4,7,9H2,1H3,(H2,16,18,19). The van der Waals surface area contributed by atoms with Crippen LogP contribution in [-0.4, -0.2) is 46.3 Å². The molecular formula is C14H18ClN7. The Bertz CT molecular complexity index is 616. The average molecular weight is 320 g/mol. The summed E-state index contributed by atoms with van der Waals surface area (Å²) in [5, 5.41) is 8.53. The van der Waals surface area contributed by atoms with Crippen LogP contribution in [0.1, 0.15) is 12.8 Å². The minimum absolute atomic E-state index is 0.187. The van der Waals surface area contributed by atoms with E-state index in [1.165, 1.54) is 0 Å². The van der Waals surface area contributed by atoms with Crippen molar-refractivity contribution in [1.29, 1.82) is 0 Å². The van der Waals surface area contributed by atoms with E-state index in [0.29, 0.717) is 11.2 Å². The molecule has 1 aliphatic heterocycles. The maximum Gasteiger partial charge on any atom is 0.223 e. The SMILES string of the molecule is CN(CC1CCCN1c1cccnn1)c1cc(Cl)nc(N)n1. The van der Waals surface area contributed by atoms with Gasteiger partial charge in [-0.3, -0.25) is 0 Å². The zero-order valence-electron chi connectivity index (χ0n) is 12.4. The van der Waals surface area contributed by atoms with Gasteiger partial charge in [-0.05, 0) is 25.0 Å². The van der Waals surface area contributed by atoms with Gasteiger partial charge in [-0.25, -0.2) is 4.98 Å². The first-order chi connectivity index (χ1) is 10.6. The number of halogens is 1. The summed E-state index contributed by atoms with van der Waals surface area (Å²) in [6, 6.07) is 5.98. The molecule has 0 aromatic carbocycles. The molecule has 1 aliphatic rings. The Balaban J connectivity index is 1.74. The number of hydrogen-bond donors (Lipinski definition) is 1. The Kier molecular flexibility index (Phi) is 4.24. The Morgan fingerprint density at radius 2 is 2.32 bits per heavy atom. The van der Waals surface area contributed by atoms with E-state index in [1.807, 2.05) is 24.1 Å². The molecule has 3 rings (SSSR count). The summed E-state index contributed by atoms with van der Waals surface area (Å²) in [7, 11) is 1.98. The molecule has 2 N–H and O–H groups in total. The predicted octanol–water partition coefficient (Wildman–Crippen LogP) is 1.61. The van der Waals surface area contributed by atoms with Gasteiger partial charge in [-0.15, -0.1) is 5.10 Å². The molecule has 0 bridgehead atoms. The van der Waals surface area contributed by atoms with Crippen LogP contribution < -0.4 is 15.5 Å². The highest BCUT2D eigenvalue weighted by atomic mass is 35.5. The number of nitrogens with two attached hydrogens (primary N) is 1. The number of aromatic nitrogens is 4. The summed E-state index contributed by atoms with van der Waals surface area (Å²) in [5.41, 5.74) is 5.66. The van der Waals surface area contributed by atoms with Crippen LogP contribution in [-0.2, 0) is 0 Å². The molecule has 0 saturated carbocycles. The third-order valence-corrected chi connectivity index (χ3v) is 4.00. The maximum absolute atomic E-state index is 5.95. The van der Waals surface area contributed by atoms with E-state index in [2.05, 4.69) is 25.1 Å². The summed E-state index contributed by atoms with van der Waals surface area (Å²) >= 11 is 5.95. The molecule has 1 fully saturated rings. The lowest BCUT2D eigenvalue weighted by Gasteiger charge is -2.29. The molecule has 1 saturated heterocycles. The second-order valence-electron chi connectivity index (χ2n) is 5.36. The van der Waals surface area contributed by atoms with E-state index < -0.39 is 0 Å². The topological polar surface area (TPSA) is 84.1 Å². The Morgan fingerprint density at radius 3 is 3.05 bits per heavy atom. The molecule has 1 unspecified atom stereocenters. The zero-order valence-corrected chi connectivity index (χ0v) is 13.1. The predicted molar refractivity (Wildman–Crippen MR) is 87.1 cm³/mol. The van der Waals surface area contributed by atoms with Crippen molar-refractivity contribution in [2.75, 3.05) is 35.7 Å². The van der Waals surface area contributed by atoms with Crippen molar-refractivity contribution in [2.24, 2.45) is 0 Å². The molecule has 0 amide bonds. The normalized spacial score (nSPS) is 17.7. The molecule has 22 heavy (non-hydrogen) atoms. The average Bonchev–Trinajstić information content (AvgIpc) is 2.95. The first-order valence-electron chi connectivity index (χ1n) is 7.19. The van der Waals surface area contributed by atoms with Crippen molar-refractivity contribution in [2.45, 2.75) is 18.9 Å². The fraction of sp³-hybridized carbons (Fsp3) is 0.429. The van der Waals surface area contributed by atoms with Crippen LogP contribution in [0.15, 0.2) is 24.4 Å². The second kappa shape index (κ2) is 6.31. The summed E-state index contributed by atoms with van der Waals surface area (Å²) in [5.74, 6) is 1.83. The van der Waals surface area contributed by atoms with E-state index in [4.69, 9.17) is 17.3 Å². The highest BCUT2D eigenvalue weighted by molar-refractivity contribution is 6.29. The van der Waals surface area contributed by atoms with Gasteiger partial charge in [0.05, 0.1) is 0 Å². The monoisotopic (exact) mass is 319 g/mol. The number of nitrogens with zero attached hydrogens (tertiary/aromatic N) is 6. The number of rotatable bonds is 4. The fourth-order valence-electron chi connectivity index (χ4n) is 2.80. The van der Waals surface area contributed by atoms with Gasteiger partial charge < -0.3 is 15.5 Å². The Hall–Kier alpha value is -2.15. The minimum atomic E-state index is 0.187.